The van der Waals surface area contributed by atoms with E-state index in [1.54, 1.807) is 24.3 Å². The van der Waals surface area contributed by atoms with Crippen molar-refractivity contribution in [2.45, 2.75) is 11.0 Å². The Labute approximate surface area is 109 Å². The Balaban J connectivity index is 2.00. The van der Waals surface area contributed by atoms with Crippen LogP contribution < -0.4 is 10.2 Å². The summed E-state index contributed by atoms with van der Waals surface area (Å²) in [5.41, 5.74) is 0.704. The highest BCUT2D eigenvalue weighted by Crippen LogP contribution is 2.22. The molecule has 0 aromatic heterocycles. The quantitative estimate of drug-likeness (QED) is 0.727. The first-order valence-corrected chi connectivity index (χ1v) is 5.75. The zero-order valence-electron chi connectivity index (χ0n) is 9.37. The molecule has 7 heteroatoms. The Bertz CT molecular complexity index is 463. The van der Waals surface area contributed by atoms with Crippen molar-refractivity contribution in [3.05, 3.63) is 24.3 Å². The van der Waals surface area contributed by atoms with E-state index in [4.69, 9.17) is 9.84 Å². The van der Waals surface area contributed by atoms with Crippen LogP contribution in [0, 0.1) is 0 Å². The zero-order chi connectivity index (χ0) is 13.1. The molecule has 2 rings (SSSR count). The predicted molar refractivity (Wildman–Crippen MR) is 67.3 cm³/mol. The Kier molecular flexibility index (Phi) is 3.61. The van der Waals surface area contributed by atoms with Crippen LogP contribution in [0.15, 0.2) is 29.2 Å². The monoisotopic (exact) mass is 268 g/mol. The van der Waals surface area contributed by atoms with Gasteiger partial charge in [-0.2, -0.15) is 0 Å². The maximum absolute atomic E-state index is 11.6. The summed E-state index contributed by atoms with van der Waals surface area (Å²) in [4.78, 5) is 24.2. The summed E-state index contributed by atoms with van der Waals surface area (Å²) in [5, 5.41) is 10.7. The lowest BCUT2D eigenvalue weighted by Crippen LogP contribution is -2.33. The van der Waals surface area contributed by atoms with E-state index in [1.807, 2.05) is 0 Å². The minimum absolute atomic E-state index is 0.0855. The number of carbonyl (C=O) groups excluding carboxylic acids is 1. The van der Waals surface area contributed by atoms with Gasteiger partial charge in [-0.3, -0.25) is 4.90 Å². The second-order valence-electron chi connectivity index (χ2n) is 3.82. The van der Waals surface area contributed by atoms with E-state index in [0.29, 0.717) is 12.2 Å². The van der Waals surface area contributed by atoms with Gasteiger partial charge in [0.1, 0.15) is 6.10 Å². The van der Waals surface area contributed by atoms with Crippen molar-refractivity contribution in [2.24, 2.45) is 0 Å². The standard InChI is InChI=1S/C11H12N2O4S/c14-10(15)12-5-8-6-13(11(16)17-8)7-1-3-9(18)4-2-7/h1-4,8,12,18H,5-6H2,(H,14,15). The van der Waals surface area contributed by atoms with Gasteiger partial charge in [0, 0.05) is 10.6 Å². The Morgan fingerprint density at radius 3 is 2.78 bits per heavy atom. The van der Waals surface area contributed by atoms with Crippen molar-refractivity contribution >= 4 is 30.5 Å². The van der Waals surface area contributed by atoms with Gasteiger partial charge in [0.2, 0.25) is 0 Å². The molecule has 1 aromatic rings. The molecule has 0 spiro atoms. The van der Waals surface area contributed by atoms with Crippen LogP contribution in [0.2, 0.25) is 0 Å². The van der Waals surface area contributed by atoms with E-state index in [-0.39, 0.29) is 6.54 Å². The normalized spacial score (nSPS) is 18.6. The van der Waals surface area contributed by atoms with Crippen molar-refractivity contribution in [1.82, 2.24) is 5.32 Å². The van der Waals surface area contributed by atoms with Gasteiger partial charge < -0.3 is 15.2 Å². The molecule has 18 heavy (non-hydrogen) atoms. The largest absolute Gasteiger partial charge is 0.465 e. The Morgan fingerprint density at radius 1 is 1.50 bits per heavy atom. The third-order valence-corrected chi connectivity index (χ3v) is 2.81. The third kappa shape index (κ3) is 2.86. The zero-order valence-corrected chi connectivity index (χ0v) is 10.3. The van der Waals surface area contributed by atoms with Gasteiger partial charge in [-0.25, -0.2) is 9.59 Å². The van der Waals surface area contributed by atoms with Gasteiger partial charge in [0.25, 0.3) is 0 Å². The maximum Gasteiger partial charge on any atom is 0.414 e. The number of thiol groups is 1. The number of hydrogen-bond donors (Lipinski definition) is 3. The molecule has 1 aliphatic heterocycles. The number of carbonyl (C=O) groups is 2. The summed E-state index contributed by atoms with van der Waals surface area (Å²) < 4.78 is 5.05. The smallest absolute Gasteiger partial charge is 0.414 e. The van der Waals surface area contributed by atoms with Crippen molar-refractivity contribution < 1.29 is 19.4 Å². The van der Waals surface area contributed by atoms with Crippen molar-refractivity contribution in [2.75, 3.05) is 18.0 Å². The summed E-state index contributed by atoms with van der Waals surface area (Å²) in [6, 6.07) is 7.07. The predicted octanol–water partition coefficient (Wildman–Crippen LogP) is 1.57. The highest BCUT2D eigenvalue weighted by Gasteiger charge is 2.32. The van der Waals surface area contributed by atoms with E-state index < -0.39 is 18.3 Å². The Morgan fingerprint density at radius 2 is 2.17 bits per heavy atom. The molecule has 0 aliphatic carbocycles. The van der Waals surface area contributed by atoms with Gasteiger partial charge in [-0.1, -0.05) is 0 Å². The van der Waals surface area contributed by atoms with Gasteiger partial charge in [0.15, 0.2) is 0 Å². The van der Waals surface area contributed by atoms with Gasteiger partial charge in [0.05, 0.1) is 13.1 Å². The van der Waals surface area contributed by atoms with E-state index in [9.17, 15) is 9.59 Å². The molecule has 0 saturated carbocycles. The number of hydrogen-bond acceptors (Lipinski definition) is 4. The molecule has 1 aliphatic rings. The molecule has 6 nitrogen and oxygen atoms in total. The summed E-state index contributed by atoms with van der Waals surface area (Å²) in [7, 11) is 0. The van der Waals surface area contributed by atoms with Crippen LogP contribution in [-0.2, 0) is 4.74 Å². The van der Waals surface area contributed by atoms with Gasteiger partial charge >= 0.3 is 12.2 Å². The molecular weight excluding hydrogens is 256 g/mol. The summed E-state index contributed by atoms with van der Waals surface area (Å²) in [6.07, 6.45) is -2.08. The van der Waals surface area contributed by atoms with Crippen LogP contribution in [0.25, 0.3) is 0 Å². The number of rotatable bonds is 3. The summed E-state index contributed by atoms with van der Waals surface area (Å²) in [6.45, 7) is 0.410. The lowest BCUT2D eigenvalue weighted by molar-refractivity contribution is 0.136. The molecule has 1 fully saturated rings. The van der Waals surface area contributed by atoms with E-state index in [1.165, 1.54) is 4.90 Å². The summed E-state index contributed by atoms with van der Waals surface area (Å²) >= 11 is 4.16. The molecule has 2 amide bonds. The fourth-order valence-corrected chi connectivity index (χ4v) is 1.82. The summed E-state index contributed by atoms with van der Waals surface area (Å²) in [5.74, 6) is 0. The number of anilines is 1. The lowest BCUT2D eigenvalue weighted by Gasteiger charge is -2.12. The van der Waals surface area contributed by atoms with Crippen molar-refractivity contribution in [3.8, 4) is 0 Å². The molecule has 1 atom stereocenters. The molecule has 2 N–H and O–H groups in total. The molecule has 1 saturated heterocycles. The fraction of sp³-hybridized carbons (Fsp3) is 0.273. The first kappa shape index (κ1) is 12.6. The maximum atomic E-state index is 11.6. The van der Waals surface area contributed by atoms with Crippen LogP contribution in [0.3, 0.4) is 0 Å². The van der Waals surface area contributed by atoms with E-state index in [0.717, 1.165) is 4.90 Å². The Hall–Kier alpha value is -1.89. The number of amides is 2. The van der Waals surface area contributed by atoms with E-state index in [2.05, 4.69) is 17.9 Å². The highest BCUT2D eigenvalue weighted by atomic mass is 32.1. The highest BCUT2D eigenvalue weighted by molar-refractivity contribution is 7.80. The third-order valence-electron chi connectivity index (χ3n) is 2.52. The lowest BCUT2D eigenvalue weighted by atomic mass is 10.2. The van der Waals surface area contributed by atoms with Gasteiger partial charge in [-0.05, 0) is 24.3 Å². The number of benzene rings is 1. The second-order valence-corrected chi connectivity index (χ2v) is 4.34. The number of nitrogens with one attached hydrogen (secondary N) is 1. The first-order chi connectivity index (χ1) is 8.56. The average molecular weight is 268 g/mol. The van der Waals surface area contributed by atoms with Crippen LogP contribution >= 0.6 is 12.6 Å². The molecule has 96 valence electrons. The molecule has 0 radical (unpaired) electrons. The van der Waals surface area contributed by atoms with E-state index >= 15 is 0 Å². The van der Waals surface area contributed by atoms with Crippen molar-refractivity contribution in [1.29, 1.82) is 0 Å². The average Bonchev–Trinajstić information content (AvgIpc) is 2.69. The molecular formula is C11H12N2O4S. The van der Waals surface area contributed by atoms with Crippen LogP contribution in [0.1, 0.15) is 0 Å². The number of cyclic esters (lactones) is 1. The first-order valence-electron chi connectivity index (χ1n) is 5.30. The number of ether oxygens (including phenoxy) is 1. The van der Waals surface area contributed by atoms with Crippen molar-refractivity contribution in [3.63, 3.8) is 0 Å². The second kappa shape index (κ2) is 5.18. The van der Waals surface area contributed by atoms with Crippen LogP contribution in [-0.4, -0.2) is 36.5 Å². The molecule has 1 aromatic carbocycles. The minimum atomic E-state index is -1.14. The van der Waals surface area contributed by atoms with Crippen LogP contribution in [0.5, 0.6) is 0 Å². The molecule has 1 unspecified atom stereocenters. The SMILES string of the molecule is O=C(O)NCC1CN(c2ccc(S)cc2)C(=O)O1. The molecule has 1 heterocycles. The number of carboxylic acid groups (broad SMARTS) is 1. The number of nitrogens with zero attached hydrogens (tertiary/aromatic N) is 1. The molecule has 0 bridgehead atoms. The van der Waals surface area contributed by atoms with Crippen LogP contribution in [0.4, 0.5) is 15.3 Å². The topological polar surface area (TPSA) is 78.9 Å². The minimum Gasteiger partial charge on any atom is -0.465 e. The van der Waals surface area contributed by atoms with Gasteiger partial charge in [-0.15, -0.1) is 12.6 Å². The fourth-order valence-electron chi connectivity index (χ4n) is 1.67.